The Hall–Kier alpha value is -2.41. The second-order valence-electron chi connectivity index (χ2n) is 7.64. The number of carbonyl (C=O) groups is 1. The lowest BCUT2D eigenvalue weighted by Crippen LogP contribution is -2.37. The molecule has 1 aromatic heterocycles. The number of ether oxygens (including phenoxy) is 1. The lowest BCUT2D eigenvalue weighted by molar-refractivity contribution is -0.120. The number of nitrogens with zero attached hydrogens (tertiary/aromatic N) is 2. The van der Waals surface area contributed by atoms with Gasteiger partial charge in [0.1, 0.15) is 10.8 Å². The molecular formula is C24H26ClN3O2S. The van der Waals surface area contributed by atoms with Gasteiger partial charge < -0.3 is 10.1 Å². The Morgan fingerprint density at radius 1 is 1.23 bits per heavy atom. The fourth-order valence-corrected chi connectivity index (χ4v) is 5.08. The Kier molecular flexibility index (Phi) is 7.22. The third-order valence-corrected chi connectivity index (χ3v) is 6.80. The van der Waals surface area contributed by atoms with Crippen LogP contribution in [0.25, 0.3) is 10.6 Å². The number of nitrogens with one attached hydrogen (secondary N) is 1. The van der Waals surface area contributed by atoms with Gasteiger partial charge in [-0.3, -0.25) is 9.69 Å². The zero-order valence-corrected chi connectivity index (χ0v) is 19.1. The molecule has 31 heavy (non-hydrogen) atoms. The molecule has 0 aliphatic carbocycles. The predicted octanol–water partition coefficient (Wildman–Crippen LogP) is 4.97. The molecule has 0 bridgehead atoms. The van der Waals surface area contributed by atoms with Crippen LogP contribution in [0.3, 0.4) is 0 Å². The summed E-state index contributed by atoms with van der Waals surface area (Å²) in [7, 11) is 1.68. The molecular weight excluding hydrogens is 430 g/mol. The van der Waals surface area contributed by atoms with Crippen LogP contribution in [0.1, 0.15) is 30.1 Å². The highest BCUT2D eigenvalue weighted by Gasteiger charge is 2.24. The molecule has 1 aliphatic heterocycles. The zero-order chi connectivity index (χ0) is 21.6. The average Bonchev–Trinajstić information content (AvgIpc) is 3.47. The van der Waals surface area contributed by atoms with Crippen molar-refractivity contribution in [2.24, 2.45) is 0 Å². The Morgan fingerprint density at radius 3 is 2.81 bits per heavy atom. The Morgan fingerprint density at radius 2 is 2.03 bits per heavy atom. The van der Waals surface area contributed by atoms with Crippen LogP contribution in [-0.2, 0) is 11.2 Å². The van der Waals surface area contributed by atoms with E-state index in [1.54, 1.807) is 7.11 Å². The van der Waals surface area contributed by atoms with E-state index in [4.69, 9.17) is 16.3 Å². The number of methoxy groups -OCH3 is 1. The maximum atomic E-state index is 12.7. The lowest BCUT2D eigenvalue weighted by atomic mass is 10.0. The number of likely N-dealkylation sites (tertiary alicyclic amines) is 1. The van der Waals surface area contributed by atoms with Crippen LogP contribution in [-0.4, -0.2) is 42.5 Å². The highest BCUT2D eigenvalue weighted by Crippen LogP contribution is 2.30. The summed E-state index contributed by atoms with van der Waals surface area (Å²) in [5.41, 5.74) is 2.82. The molecule has 7 heteroatoms. The van der Waals surface area contributed by atoms with Crippen molar-refractivity contribution in [2.75, 3.05) is 26.7 Å². The second-order valence-corrected chi connectivity index (χ2v) is 8.91. The van der Waals surface area contributed by atoms with E-state index in [-0.39, 0.29) is 18.4 Å². The summed E-state index contributed by atoms with van der Waals surface area (Å²) < 4.78 is 5.40. The first-order chi connectivity index (χ1) is 15.1. The number of hydrogen-bond acceptors (Lipinski definition) is 5. The summed E-state index contributed by atoms with van der Waals surface area (Å²) in [4.78, 5) is 19.7. The molecule has 0 saturated carbocycles. The minimum atomic E-state index is -0.0249. The molecule has 1 saturated heterocycles. The molecule has 2 aromatic carbocycles. The fourth-order valence-electron chi connectivity index (χ4n) is 3.94. The van der Waals surface area contributed by atoms with Crippen LogP contribution in [0.5, 0.6) is 5.75 Å². The maximum absolute atomic E-state index is 12.7. The van der Waals surface area contributed by atoms with Gasteiger partial charge in [-0.2, -0.15) is 0 Å². The largest absolute Gasteiger partial charge is 0.497 e. The molecule has 3 aromatic rings. The Balaban J connectivity index is 1.41. The van der Waals surface area contributed by atoms with Crippen molar-refractivity contribution in [1.29, 1.82) is 0 Å². The van der Waals surface area contributed by atoms with Crippen molar-refractivity contribution in [3.63, 3.8) is 0 Å². The van der Waals surface area contributed by atoms with E-state index in [1.165, 1.54) is 24.2 Å². The van der Waals surface area contributed by atoms with Crippen molar-refractivity contribution in [2.45, 2.75) is 25.3 Å². The molecule has 1 aliphatic rings. The zero-order valence-electron chi connectivity index (χ0n) is 17.5. The third-order valence-electron chi connectivity index (χ3n) is 5.55. The monoisotopic (exact) mass is 455 g/mol. The second kappa shape index (κ2) is 10.3. The van der Waals surface area contributed by atoms with Crippen LogP contribution < -0.4 is 10.1 Å². The summed E-state index contributed by atoms with van der Waals surface area (Å²) in [6.45, 7) is 2.66. The van der Waals surface area contributed by atoms with Gasteiger partial charge in [0.05, 0.1) is 30.3 Å². The summed E-state index contributed by atoms with van der Waals surface area (Å²) in [5.74, 6) is 0.811. The minimum absolute atomic E-state index is 0.0249. The van der Waals surface area contributed by atoms with Crippen molar-refractivity contribution in [1.82, 2.24) is 15.2 Å². The van der Waals surface area contributed by atoms with E-state index in [9.17, 15) is 4.79 Å². The molecule has 5 nitrogen and oxygen atoms in total. The fraction of sp³-hybridized carbons (Fsp3) is 0.333. The smallest absolute Gasteiger partial charge is 0.226 e. The van der Waals surface area contributed by atoms with Crippen molar-refractivity contribution >= 4 is 28.8 Å². The third kappa shape index (κ3) is 5.45. The molecule has 2 heterocycles. The van der Waals surface area contributed by atoms with Crippen molar-refractivity contribution in [3.8, 4) is 16.3 Å². The number of rotatable bonds is 8. The molecule has 1 fully saturated rings. The van der Waals surface area contributed by atoms with Crippen LogP contribution >= 0.6 is 22.9 Å². The van der Waals surface area contributed by atoms with Crippen LogP contribution in [0.15, 0.2) is 53.9 Å². The molecule has 0 unspecified atom stereocenters. The number of halogens is 1. The summed E-state index contributed by atoms with van der Waals surface area (Å²) in [5, 5.41) is 6.55. The van der Waals surface area contributed by atoms with Gasteiger partial charge in [0.15, 0.2) is 0 Å². The predicted molar refractivity (Wildman–Crippen MR) is 126 cm³/mol. The molecule has 4 rings (SSSR count). The highest BCUT2D eigenvalue weighted by atomic mass is 35.5. The van der Waals surface area contributed by atoms with Gasteiger partial charge in [0, 0.05) is 17.5 Å². The minimum Gasteiger partial charge on any atom is -0.497 e. The number of thiazole rings is 1. The number of benzene rings is 2. The van der Waals surface area contributed by atoms with E-state index < -0.39 is 0 Å². The van der Waals surface area contributed by atoms with Gasteiger partial charge >= 0.3 is 0 Å². The maximum Gasteiger partial charge on any atom is 0.226 e. The number of aromatic nitrogens is 1. The van der Waals surface area contributed by atoms with Gasteiger partial charge in [0.2, 0.25) is 5.91 Å². The van der Waals surface area contributed by atoms with E-state index >= 15 is 0 Å². The number of carbonyl (C=O) groups excluding carboxylic acids is 1. The van der Waals surface area contributed by atoms with Gasteiger partial charge in [-0.1, -0.05) is 41.9 Å². The van der Waals surface area contributed by atoms with Crippen molar-refractivity contribution in [3.05, 3.63) is 70.2 Å². The van der Waals surface area contributed by atoms with Crippen LogP contribution in [0, 0.1) is 0 Å². The van der Waals surface area contributed by atoms with Crippen molar-refractivity contribution < 1.29 is 9.53 Å². The van der Waals surface area contributed by atoms with Gasteiger partial charge in [0.25, 0.3) is 0 Å². The lowest BCUT2D eigenvalue weighted by Gasteiger charge is -2.28. The molecule has 162 valence electrons. The summed E-state index contributed by atoms with van der Waals surface area (Å²) >= 11 is 7.78. The van der Waals surface area contributed by atoms with E-state index in [2.05, 4.69) is 27.3 Å². The van der Waals surface area contributed by atoms with Crippen LogP contribution in [0.4, 0.5) is 0 Å². The van der Waals surface area contributed by atoms with E-state index in [1.807, 2.05) is 41.8 Å². The standard InChI is InChI=1S/C24H26ClN3O2S/c1-30-19-8-6-7-17(13-19)22(28-11-4-5-12-28)15-26-23(29)14-18-16-31-24(27-18)20-9-2-3-10-21(20)25/h2-3,6-10,13,16,22H,4-5,11-12,14-15H2,1H3,(H,26,29)/t22-/m1/s1. The number of amides is 1. The molecule has 1 N–H and O–H groups in total. The quantitative estimate of drug-likeness (QED) is 0.521. The SMILES string of the molecule is COc1cccc([C@@H](CNC(=O)Cc2csc(-c3ccccc3Cl)n2)N2CCCC2)c1. The Bertz CT molecular complexity index is 1030. The first-order valence-corrected chi connectivity index (χ1v) is 11.7. The molecule has 1 atom stereocenters. The Labute approximate surface area is 192 Å². The van der Waals surface area contributed by atoms with Crippen LogP contribution in [0.2, 0.25) is 5.02 Å². The first-order valence-electron chi connectivity index (χ1n) is 10.5. The van der Waals surface area contributed by atoms with E-state index in [0.717, 1.165) is 40.7 Å². The van der Waals surface area contributed by atoms with Gasteiger partial charge in [-0.05, 0) is 49.7 Å². The summed E-state index contributed by atoms with van der Waals surface area (Å²) in [6, 6.07) is 15.9. The van der Waals surface area contributed by atoms with E-state index in [0.29, 0.717) is 11.6 Å². The van der Waals surface area contributed by atoms with Gasteiger partial charge in [-0.25, -0.2) is 4.98 Å². The normalized spacial score (nSPS) is 15.0. The highest BCUT2D eigenvalue weighted by molar-refractivity contribution is 7.13. The van der Waals surface area contributed by atoms with Gasteiger partial charge in [-0.15, -0.1) is 11.3 Å². The summed E-state index contributed by atoms with van der Waals surface area (Å²) in [6.07, 6.45) is 2.64. The topological polar surface area (TPSA) is 54.5 Å². The first kappa shape index (κ1) is 21.8. The number of hydrogen-bond donors (Lipinski definition) is 1. The molecule has 0 radical (unpaired) electrons. The average molecular weight is 456 g/mol. The molecule has 1 amide bonds. The molecule has 0 spiro atoms.